The number of Topliss-reactive ketones (excluding diaryl/α,β-unsaturated/α-hetero) is 2. The SMILES string of the molecule is C.COC(CCOc1ccccc1)C(CCCCCCCC(=O)O)C(C)=O.COC(CCOc1ccccc1)CC(C)=O.[2HH]. The molecule has 3 unspecified atom stereocenters. The molecule has 0 saturated carbocycles. The second-order valence-corrected chi connectivity index (χ2v) is 10.4. The Bertz CT molecular complexity index is 987. The van der Waals surface area contributed by atoms with Gasteiger partial charge in [0.2, 0.25) is 0 Å². The van der Waals surface area contributed by atoms with Gasteiger partial charge in [-0.05, 0) is 51.0 Å². The van der Waals surface area contributed by atoms with E-state index in [2.05, 4.69) is 0 Å². The molecule has 0 saturated heterocycles. The molecular weight excluding hydrogens is 548 g/mol. The van der Waals surface area contributed by atoms with Crippen LogP contribution in [-0.4, -0.2) is 62.3 Å². The number of ketones is 2. The van der Waals surface area contributed by atoms with Gasteiger partial charge in [0, 0.05) is 47.2 Å². The van der Waals surface area contributed by atoms with Gasteiger partial charge >= 0.3 is 5.97 Å². The number of hydrogen-bond donors (Lipinski definition) is 1. The highest BCUT2D eigenvalue weighted by molar-refractivity contribution is 5.78. The van der Waals surface area contributed by atoms with E-state index in [0.717, 1.165) is 56.4 Å². The van der Waals surface area contributed by atoms with Crippen molar-refractivity contribution in [2.24, 2.45) is 5.92 Å². The summed E-state index contributed by atoms with van der Waals surface area (Å²) in [5.41, 5.74) is 0. The van der Waals surface area contributed by atoms with E-state index in [1.807, 2.05) is 60.7 Å². The molecule has 0 bridgehead atoms. The van der Waals surface area contributed by atoms with E-state index in [0.29, 0.717) is 26.1 Å². The van der Waals surface area contributed by atoms with Crippen molar-refractivity contribution in [2.75, 3.05) is 27.4 Å². The standard InChI is InChI=1S/C21H32O5.C13H18O3.CH4.H2/c1-17(22)19(13-9-4-3-5-10-14-21(23)24)20(25-2)15-16-26-18-11-7-6-8-12-18;1-11(14)10-13(15-2)8-9-16-12-6-4-3-5-7-12;;/h6-8,11-12,19-20H,3-5,9-10,13-16H2,1-2H3,(H,23,24);3-7,13H,8-10H2,1-2H3;1H4;1H/i;;;1+1. The van der Waals surface area contributed by atoms with Gasteiger partial charge in [-0.25, -0.2) is 0 Å². The van der Waals surface area contributed by atoms with Gasteiger partial charge < -0.3 is 24.1 Å². The maximum atomic E-state index is 12.0. The van der Waals surface area contributed by atoms with Crippen LogP contribution < -0.4 is 9.47 Å². The molecule has 2 rings (SSSR count). The second kappa shape index (κ2) is 25.3. The molecule has 0 aliphatic heterocycles. The summed E-state index contributed by atoms with van der Waals surface area (Å²) in [7, 11) is 3.27. The molecule has 0 fully saturated rings. The fraction of sp³-hybridized carbons (Fsp3) is 0.571. The molecule has 3 atom stereocenters. The Morgan fingerprint density at radius 2 is 1.23 bits per heavy atom. The largest absolute Gasteiger partial charge is 0.493 e. The Labute approximate surface area is 260 Å². The number of methoxy groups -OCH3 is 2. The first kappa shape index (κ1) is 39.8. The molecule has 1 N–H and O–H groups in total. The van der Waals surface area contributed by atoms with Crippen molar-refractivity contribution >= 4 is 17.5 Å². The topological polar surface area (TPSA) is 108 Å². The summed E-state index contributed by atoms with van der Waals surface area (Å²) < 4.78 is 22.0. The van der Waals surface area contributed by atoms with E-state index in [4.69, 9.17) is 24.1 Å². The summed E-state index contributed by atoms with van der Waals surface area (Å²) in [6, 6.07) is 19.2. The summed E-state index contributed by atoms with van der Waals surface area (Å²) in [4.78, 5) is 33.4. The maximum Gasteiger partial charge on any atom is 0.303 e. The first-order valence-corrected chi connectivity index (χ1v) is 14.9. The molecule has 0 spiro atoms. The fourth-order valence-electron chi connectivity index (χ4n) is 4.56. The number of carbonyl (C=O) groups excluding carboxylic acids is 2. The molecule has 8 heteroatoms. The summed E-state index contributed by atoms with van der Waals surface area (Å²) in [6.45, 7) is 4.28. The van der Waals surface area contributed by atoms with Crippen LogP contribution in [0.2, 0.25) is 0 Å². The molecule has 0 radical (unpaired) electrons. The van der Waals surface area contributed by atoms with E-state index in [1.54, 1.807) is 28.1 Å². The van der Waals surface area contributed by atoms with Crippen LogP contribution in [0.5, 0.6) is 11.5 Å². The predicted octanol–water partition coefficient (Wildman–Crippen LogP) is 7.82. The Morgan fingerprint density at radius 1 is 0.721 bits per heavy atom. The van der Waals surface area contributed by atoms with E-state index in [-0.39, 0.29) is 45.0 Å². The highest BCUT2D eigenvalue weighted by Gasteiger charge is 2.25. The minimum atomic E-state index is -0.734. The number of benzene rings is 2. The second-order valence-electron chi connectivity index (χ2n) is 10.4. The zero-order valence-corrected chi connectivity index (χ0v) is 25.8. The zero-order chi connectivity index (χ0) is 31.0. The lowest BCUT2D eigenvalue weighted by Gasteiger charge is -2.24. The van der Waals surface area contributed by atoms with Crippen LogP contribution in [-0.2, 0) is 23.9 Å². The minimum Gasteiger partial charge on any atom is -0.493 e. The van der Waals surface area contributed by atoms with Crippen LogP contribution in [0.1, 0.15) is 86.9 Å². The number of hydrogen-bond acceptors (Lipinski definition) is 7. The maximum absolute atomic E-state index is 12.0. The third-order valence-corrected chi connectivity index (χ3v) is 6.89. The number of para-hydroxylation sites is 2. The minimum absolute atomic E-state index is 0. The van der Waals surface area contributed by atoms with Gasteiger partial charge in [0.05, 0.1) is 25.4 Å². The number of carbonyl (C=O) groups is 3. The van der Waals surface area contributed by atoms with Crippen LogP contribution in [0, 0.1) is 5.92 Å². The molecule has 0 heterocycles. The van der Waals surface area contributed by atoms with Crippen molar-refractivity contribution in [3.8, 4) is 11.5 Å². The third kappa shape index (κ3) is 20.3. The van der Waals surface area contributed by atoms with Crippen molar-refractivity contribution in [2.45, 2.75) is 97.7 Å². The van der Waals surface area contributed by atoms with Crippen LogP contribution in [0.3, 0.4) is 0 Å². The van der Waals surface area contributed by atoms with Crippen molar-refractivity contribution in [3.63, 3.8) is 0 Å². The summed E-state index contributed by atoms with van der Waals surface area (Å²) in [6.07, 6.45) is 7.35. The summed E-state index contributed by atoms with van der Waals surface area (Å²) in [5.74, 6) is 1.12. The summed E-state index contributed by atoms with van der Waals surface area (Å²) >= 11 is 0. The normalized spacial score (nSPS) is 12.5. The van der Waals surface area contributed by atoms with Gasteiger partial charge in [0.1, 0.15) is 23.1 Å². The highest BCUT2D eigenvalue weighted by Crippen LogP contribution is 2.21. The van der Waals surface area contributed by atoms with Crippen LogP contribution in [0.15, 0.2) is 60.7 Å². The summed E-state index contributed by atoms with van der Waals surface area (Å²) in [5, 5.41) is 8.62. The quantitative estimate of drug-likeness (QED) is 0.135. The number of carboxylic acid groups (broad SMARTS) is 1. The predicted molar refractivity (Wildman–Crippen MR) is 173 cm³/mol. The van der Waals surface area contributed by atoms with Gasteiger partial charge in [-0.1, -0.05) is 69.5 Å². The molecule has 0 aromatic heterocycles. The Morgan fingerprint density at radius 3 is 1.70 bits per heavy atom. The number of rotatable bonds is 22. The van der Waals surface area contributed by atoms with E-state index in [9.17, 15) is 14.4 Å². The Balaban J connectivity index is 0. The molecule has 8 nitrogen and oxygen atoms in total. The number of ether oxygens (including phenoxy) is 4. The van der Waals surface area contributed by atoms with Crippen molar-refractivity contribution in [1.82, 2.24) is 0 Å². The molecule has 0 aliphatic rings. The van der Waals surface area contributed by atoms with Crippen LogP contribution >= 0.6 is 0 Å². The molecule has 2 aromatic carbocycles. The lowest BCUT2D eigenvalue weighted by molar-refractivity contribution is -0.137. The molecule has 2 aromatic rings. The number of carboxylic acids is 1. The van der Waals surface area contributed by atoms with Crippen molar-refractivity contribution in [1.29, 1.82) is 0 Å². The van der Waals surface area contributed by atoms with E-state index >= 15 is 0 Å². The first-order chi connectivity index (χ1) is 20.3. The average molecular weight is 606 g/mol. The Hall–Kier alpha value is -3.23. The average Bonchev–Trinajstić information content (AvgIpc) is 2.97. The molecule has 244 valence electrons. The number of aliphatic carboxylic acids is 1. The van der Waals surface area contributed by atoms with Gasteiger partial charge in [-0.2, -0.15) is 0 Å². The monoisotopic (exact) mass is 605 g/mol. The van der Waals surface area contributed by atoms with E-state index in [1.165, 1.54) is 0 Å². The number of unbranched alkanes of at least 4 members (excludes halogenated alkanes) is 4. The van der Waals surface area contributed by atoms with Crippen molar-refractivity contribution < 1.29 is 39.9 Å². The van der Waals surface area contributed by atoms with Crippen molar-refractivity contribution in [3.05, 3.63) is 60.7 Å². The fourth-order valence-corrected chi connectivity index (χ4v) is 4.56. The Kier molecular flexibility index (Phi) is 23.4. The van der Waals surface area contributed by atoms with Crippen LogP contribution in [0.4, 0.5) is 0 Å². The van der Waals surface area contributed by atoms with Gasteiger partial charge in [0.25, 0.3) is 0 Å². The molecule has 43 heavy (non-hydrogen) atoms. The van der Waals surface area contributed by atoms with Gasteiger partial charge in [0.15, 0.2) is 0 Å². The lowest BCUT2D eigenvalue weighted by Crippen LogP contribution is -2.30. The first-order valence-electron chi connectivity index (χ1n) is 14.9. The molecular formula is C35H56O8. The van der Waals surface area contributed by atoms with Crippen LogP contribution in [0.25, 0.3) is 0 Å². The highest BCUT2D eigenvalue weighted by atomic mass is 16.5. The lowest BCUT2D eigenvalue weighted by atomic mass is 9.90. The van der Waals surface area contributed by atoms with Gasteiger partial charge in [-0.15, -0.1) is 0 Å². The molecule has 0 aliphatic carbocycles. The smallest absolute Gasteiger partial charge is 0.303 e. The van der Waals surface area contributed by atoms with E-state index < -0.39 is 5.97 Å². The zero-order valence-electron chi connectivity index (χ0n) is 25.8. The molecule has 0 amide bonds. The van der Waals surface area contributed by atoms with Gasteiger partial charge in [-0.3, -0.25) is 14.4 Å². The third-order valence-electron chi connectivity index (χ3n) is 6.89.